The normalized spacial score (nSPS) is 15.6. The molecule has 0 unspecified atom stereocenters. The van der Waals surface area contributed by atoms with E-state index in [1.165, 1.54) is 0 Å². The Hall–Kier alpha value is -1.89. The van der Waals surface area contributed by atoms with Crippen LogP contribution in [0.3, 0.4) is 0 Å². The molecule has 0 aliphatic carbocycles. The Morgan fingerprint density at radius 1 is 1.41 bits per heavy atom. The van der Waals surface area contributed by atoms with E-state index in [1.807, 2.05) is 0 Å². The van der Waals surface area contributed by atoms with Gasteiger partial charge < -0.3 is 20.5 Å². The van der Waals surface area contributed by atoms with Crippen molar-refractivity contribution in [1.29, 1.82) is 0 Å². The number of hydrogen-bond donors (Lipinski definition) is 3. The lowest BCUT2D eigenvalue weighted by atomic mass is 10.3. The fourth-order valence-corrected chi connectivity index (χ4v) is 1.65. The maximum atomic E-state index is 11.7. The number of piperazine rings is 1. The molecule has 0 aromatic carbocycles. The first-order chi connectivity index (χ1) is 8.27. The minimum atomic E-state index is -0.580. The molecule has 1 aromatic heterocycles. The average molecular weight is 237 g/mol. The first-order valence-corrected chi connectivity index (χ1v) is 5.53. The topological polar surface area (TPSA) is 90.1 Å². The number of amides is 2. The van der Waals surface area contributed by atoms with E-state index in [0.29, 0.717) is 18.9 Å². The van der Waals surface area contributed by atoms with Crippen molar-refractivity contribution < 1.29 is 9.59 Å². The highest BCUT2D eigenvalue weighted by molar-refractivity contribution is 6.34. The van der Waals surface area contributed by atoms with Crippen LogP contribution in [0.5, 0.6) is 0 Å². The highest BCUT2D eigenvalue weighted by atomic mass is 16.2. The summed E-state index contributed by atoms with van der Waals surface area (Å²) < 4.78 is 0. The van der Waals surface area contributed by atoms with E-state index < -0.39 is 11.8 Å². The molecular formula is C10H15N5O2. The molecule has 0 bridgehead atoms. The minimum Gasteiger partial charge on any atom is -0.347 e. The molecule has 0 saturated carbocycles. The van der Waals surface area contributed by atoms with Gasteiger partial charge in [0.25, 0.3) is 0 Å². The third kappa shape index (κ3) is 3.04. The van der Waals surface area contributed by atoms with Crippen LogP contribution >= 0.6 is 0 Å². The fourth-order valence-electron chi connectivity index (χ4n) is 1.65. The van der Waals surface area contributed by atoms with Crippen molar-refractivity contribution in [2.45, 2.75) is 6.54 Å². The van der Waals surface area contributed by atoms with Crippen LogP contribution in [0.2, 0.25) is 0 Å². The number of aromatic nitrogens is 2. The van der Waals surface area contributed by atoms with Crippen molar-refractivity contribution in [3.63, 3.8) is 0 Å². The second-order valence-corrected chi connectivity index (χ2v) is 3.76. The van der Waals surface area contributed by atoms with E-state index in [2.05, 4.69) is 20.6 Å². The zero-order valence-electron chi connectivity index (χ0n) is 9.40. The van der Waals surface area contributed by atoms with Gasteiger partial charge in [-0.25, -0.2) is 4.98 Å². The second kappa shape index (κ2) is 5.44. The highest BCUT2D eigenvalue weighted by Gasteiger charge is 2.22. The Labute approximate surface area is 98.6 Å². The average Bonchev–Trinajstić information content (AvgIpc) is 2.89. The smallest absolute Gasteiger partial charge is 0.311 e. The Morgan fingerprint density at radius 3 is 2.82 bits per heavy atom. The molecule has 0 radical (unpaired) electrons. The van der Waals surface area contributed by atoms with Gasteiger partial charge in [-0.1, -0.05) is 0 Å². The molecule has 17 heavy (non-hydrogen) atoms. The molecule has 1 saturated heterocycles. The predicted molar refractivity (Wildman–Crippen MR) is 59.9 cm³/mol. The van der Waals surface area contributed by atoms with E-state index in [4.69, 9.17) is 0 Å². The van der Waals surface area contributed by atoms with E-state index >= 15 is 0 Å². The third-order valence-electron chi connectivity index (χ3n) is 2.57. The van der Waals surface area contributed by atoms with Gasteiger partial charge in [0, 0.05) is 38.6 Å². The summed E-state index contributed by atoms with van der Waals surface area (Å²) in [6.45, 7) is 2.86. The van der Waals surface area contributed by atoms with Gasteiger partial charge in [-0.05, 0) is 0 Å². The lowest BCUT2D eigenvalue weighted by Gasteiger charge is -2.26. The van der Waals surface area contributed by atoms with Crippen molar-refractivity contribution in [2.75, 3.05) is 26.2 Å². The van der Waals surface area contributed by atoms with E-state index in [9.17, 15) is 9.59 Å². The summed E-state index contributed by atoms with van der Waals surface area (Å²) >= 11 is 0. The van der Waals surface area contributed by atoms with E-state index in [-0.39, 0.29) is 6.54 Å². The van der Waals surface area contributed by atoms with Crippen molar-refractivity contribution in [1.82, 2.24) is 25.5 Å². The molecule has 7 nitrogen and oxygen atoms in total. The molecule has 1 aliphatic heterocycles. The Balaban J connectivity index is 1.80. The van der Waals surface area contributed by atoms with Gasteiger partial charge >= 0.3 is 11.8 Å². The summed E-state index contributed by atoms with van der Waals surface area (Å²) in [6, 6.07) is 0. The van der Waals surface area contributed by atoms with Crippen LogP contribution in [0, 0.1) is 0 Å². The number of nitrogens with one attached hydrogen (secondary N) is 3. The van der Waals surface area contributed by atoms with Crippen molar-refractivity contribution in [3.8, 4) is 0 Å². The number of rotatable bonds is 2. The molecule has 1 fully saturated rings. The van der Waals surface area contributed by atoms with Crippen LogP contribution in [-0.2, 0) is 16.1 Å². The summed E-state index contributed by atoms with van der Waals surface area (Å²) in [5, 5.41) is 5.66. The number of imidazole rings is 1. The van der Waals surface area contributed by atoms with Gasteiger partial charge in [-0.3, -0.25) is 9.59 Å². The number of carbonyl (C=O) groups excluding carboxylic acids is 2. The van der Waals surface area contributed by atoms with Crippen LogP contribution in [0.1, 0.15) is 5.82 Å². The summed E-state index contributed by atoms with van der Waals surface area (Å²) in [6.07, 6.45) is 3.26. The Kier molecular flexibility index (Phi) is 3.71. The van der Waals surface area contributed by atoms with Crippen LogP contribution in [0.4, 0.5) is 0 Å². The maximum Gasteiger partial charge on any atom is 0.311 e. The van der Waals surface area contributed by atoms with Crippen molar-refractivity contribution in [2.24, 2.45) is 0 Å². The SMILES string of the molecule is O=C(NCc1ncc[nH]1)C(=O)N1CCNCC1. The molecule has 1 aliphatic rings. The predicted octanol–water partition coefficient (Wildman–Crippen LogP) is -1.54. The Bertz CT molecular complexity index is 383. The molecule has 2 heterocycles. The zero-order chi connectivity index (χ0) is 12.1. The first kappa shape index (κ1) is 11.6. The van der Waals surface area contributed by atoms with Crippen LogP contribution in [0.25, 0.3) is 0 Å². The maximum absolute atomic E-state index is 11.7. The second-order valence-electron chi connectivity index (χ2n) is 3.76. The number of H-pyrrole nitrogens is 1. The number of hydrogen-bond acceptors (Lipinski definition) is 4. The largest absolute Gasteiger partial charge is 0.347 e. The lowest BCUT2D eigenvalue weighted by Crippen LogP contribution is -2.51. The molecule has 3 N–H and O–H groups in total. The van der Waals surface area contributed by atoms with Gasteiger partial charge in [0.05, 0.1) is 6.54 Å². The fraction of sp³-hybridized carbons (Fsp3) is 0.500. The van der Waals surface area contributed by atoms with Crippen molar-refractivity contribution >= 4 is 11.8 Å². The minimum absolute atomic E-state index is 0.240. The van der Waals surface area contributed by atoms with E-state index in [0.717, 1.165) is 13.1 Å². The van der Waals surface area contributed by atoms with Crippen molar-refractivity contribution in [3.05, 3.63) is 18.2 Å². The number of aromatic amines is 1. The molecule has 1 aromatic rings. The van der Waals surface area contributed by atoms with Gasteiger partial charge in [0.1, 0.15) is 5.82 Å². The summed E-state index contributed by atoms with van der Waals surface area (Å²) in [7, 11) is 0. The monoisotopic (exact) mass is 237 g/mol. The summed E-state index contributed by atoms with van der Waals surface area (Å²) in [4.78, 5) is 31.6. The number of carbonyl (C=O) groups is 2. The lowest BCUT2D eigenvalue weighted by molar-refractivity contribution is -0.146. The third-order valence-corrected chi connectivity index (χ3v) is 2.57. The molecule has 0 spiro atoms. The van der Waals surface area contributed by atoms with E-state index in [1.54, 1.807) is 17.3 Å². The summed E-state index contributed by atoms with van der Waals surface area (Å²) in [5.74, 6) is -0.423. The van der Waals surface area contributed by atoms with Crippen LogP contribution in [-0.4, -0.2) is 52.9 Å². The summed E-state index contributed by atoms with van der Waals surface area (Å²) in [5.41, 5.74) is 0. The van der Waals surface area contributed by atoms with Gasteiger partial charge in [0.2, 0.25) is 0 Å². The van der Waals surface area contributed by atoms with Crippen LogP contribution < -0.4 is 10.6 Å². The van der Waals surface area contributed by atoms with Gasteiger partial charge in [0.15, 0.2) is 0 Å². The zero-order valence-corrected chi connectivity index (χ0v) is 9.40. The quantitative estimate of drug-likeness (QED) is 0.544. The number of nitrogens with zero attached hydrogens (tertiary/aromatic N) is 2. The van der Waals surface area contributed by atoms with Gasteiger partial charge in [-0.2, -0.15) is 0 Å². The standard InChI is InChI=1S/C10H15N5O2/c16-9(14-7-8-12-1-2-13-8)10(17)15-5-3-11-4-6-15/h1-2,11H,3-7H2,(H,12,13)(H,14,16). The molecule has 0 atom stereocenters. The van der Waals surface area contributed by atoms with Crippen LogP contribution in [0.15, 0.2) is 12.4 Å². The molecule has 7 heteroatoms. The van der Waals surface area contributed by atoms with Gasteiger partial charge in [-0.15, -0.1) is 0 Å². The molecular weight excluding hydrogens is 222 g/mol. The molecule has 2 amide bonds. The first-order valence-electron chi connectivity index (χ1n) is 5.53. The molecule has 2 rings (SSSR count). The molecule has 92 valence electrons. The Morgan fingerprint density at radius 2 is 2.18 bits per heavy atom. The highest BCUT2D eigenvalue weighted by Crippen LogP contribution is 1.94.